The summed E-state index contributed by atoms with van der Waals surface area (Å²) < 4.78 is 12.0. The lowest BCUT2D eigenvalue weighted by Gasteiger charge is -2.18. The van der Waals surface area contributed by atoms with E-state index in [2.05, 4.69) is 4.98 Å². The summed E-state index contributed by atoms with van der Waals surface area (Å²) in [4.78, 5) is 16.7. The number of hydrogen-bond donors (Lipinski definition) is 0. The molecule has 0 saturated carbocycles. The van der Waals surface area contributed by atoms with Gasteiger partial charge in [0.05, 0.1) is 5.56 Å². The standard InChI is InChI=1S/C22H17NO3/c1-15(24)21(16-9-3-2-4-10-16)25-19-13-7-5-11-17(19)22-23-18-12-6-8-14-20(18)26-22/h2-14,21H,1H3. The Morgan fingerprint density at radius 3 is 2.38 bits per heavy atom. The first-order valence-corrected chi connectivity index (χ1v) is 8.39. The van der Waals surface area contributed by atoms with E-state index in [-0.39, 0.29) is 5.78 Å². The van der Waals surface area contributed by atoms with E-state index in [4.69, 9.17) is 9.15 Å². The Kier molecular flexibility index (Phi) is 4.23. The zero-order valence-electron chi connectivity index (χ0n) is 14.3. The van der Waals surface area contributed by atoms with Gasteiger partial charge in [0.25, 0.3) is 0 Å². The number of oxazole rings is 1. The molecule has 0 saturated heterocycles. The maximum atomic E-state index is 12.2. The van der Waals surface area contributed by atoms with Crippen molar-refractivity contribution in [2.75, 3.05) is 0 Å². The Morgan fingerprint density at radius 1 is 0.923 bits per heavy atom. The Morgan fingerprint density at radius 2 is 1.62 bits per heavy atom. The summed E-state index contributed by atoms with van der Waals surface area (Å²) in [5, 5.41) is 0. The zero-order chi connectivity index (χ0) is 17.9. The number of ketones is 1. The van der Waals surface area contributed by atoms with Gasteiger partial charge in [-0.25, -0.2) is 4.98 Å². The van der Waals surface area contributed by atoms with Gasteiger partial charge in [-0.15, -0.1) is 0 Å². The van der Waals surface area contributed by atoms with E-state index < -0.39 is 6.10 Å². The third-order valence-corrected chi connectivity index (χ3v) is 4.13. The molecule has 4 heteroatoms. The maximum Gasteiger partial charge on any atom is 0.231 e. The molecule has 1 aromatic heterocycles. The first-order chi connectivity index (χ1) is 12.7. The van der Waals surface area contributed by atoms with Gasteiger partial charge in [-0.2, -0.15) is 0 Å². The van der Waals surface area contributed by atoms with Crippen molar-refractivity contribution in [3.05, 3.63) is 84.4 Å². The number of aromatic nitrogens is 1. The second-order valence-corrected chi connectivity index (χ2v) is 6.00. The van der Waals surface area contributed by atoms with Crippen LogP contribution in [0.5, 0.6) is 5.75 Å². The lowest BCUT2D eigenvalue weighted by atomic mass is 10.1. The number of carbonyl (C=O) groups excluding carboxylic acids is 1. The van der Waals surface area contributed by atoms with Crippen molar-refractivity contribution < 1.29 is 13.9 Å². The number of para-hydroxylation sites is 3. The van der Waals surface area contributed by atoms with Crippen molar-refractivity contribution in [2.24, 2.45) is 0 Å². The van der Waals surface area contributed by atoms with Gasteiger partial charge in [0.2, 0.25) is 5.89 Å². The topological polar surface area (TPSA) is 52.3 Å². The Hall–Kier alpha value is -3.40. The zero-order valence-corrected chi connectivity index (χ0v) is 14.3. The third-order valence-electron chi connectivity index (χ3n) is 4.13. The molecule has 0 aliphatic carbocycles. The van der Waals surface area contributed by atoms with Gasteiger partial charge >= 0.3 is 0 Å². The summed E-state index contributed by atoms with van der Waals surface area (Å²) in [5.41, 5.74) is 3.02. The number of hydrogen-bond acceptors (Lipinski definition) is 4. The lowest BCUT2D eigenvalue weighted by molar-refractivity contribution is -0.123. The fraction of sp³-hybridized carbons (Fsp3) is 0.0909. The molecule has 1 unspecified atom stereocenters. The van der Waals surface area contributed by atoms with Crippen molar-refractivity contribution in [1.29, 1.82) is 0 Å². The minimum Gasteiger partial charge on any atom is -0.477 e. The average molecular weight is 343 g/mol. The molecule has 3 aromatic carbocycles. The molecular formula is C22H17NO3. The van der Waals surface area contributed by atoms with E-state index in [1.54, 1.807) is 0 Å². The Bertz CT molecular complexity index is 1020. The number of nitrogens with zero attached hydrogens (tertiary/aromatic N) is 1. The molecule has 0 N–H and O–H groups in total. The molecular weight excluding hydrogens is 326 g/mol. The fourth-order valence-electron chi connectivity index (χ4n) is 2.87. The highest BCUT2D eigenvalue weighted by atomic mass is 16.5. The van der Waals surface area contributed by atoms with E-state index in [9.17, 15) is 4.79 Å². The monoisotopic (exact) mass is 343 g/mol. The largest absolute Gasteiger partial charge is 0.477 e. The summed E-state index contributed by atoms with van der Waals surface area (Å²) in [5.74, 6) is 0.962. The molecule has 1 atom stereocenters. The quantitative estimate of drug-likeness (QED) is 0.499. The highest BCUT2D eigenvalue weighted by molar-refractivity contribution is 5.83. The molecule has 0 radical (unpaired) electrons. The minimum absolute atomic E-state index is 0.0661. The van der Waals surface area contributed by atoms with Gasteiger partial charge in [0.15, 0.2) is 17.5 Å². The summed E-state index contributed by atoms with van der Waals surface area (Å²) in [6, 6.07) is 24.5. The average Bonchev–Trinajstić information content (AvgIpc) is 3.11. The lowest BCUT2D eigenvalue weighted by Crippen LogP contribution is -2.16. The van der Waals surface area contributed by atoms with Crippen LogP contribution in [0.2, 0.25) is 0 Å². The highest BCUT2D eigenvalue weighted by Crippen LogP contribution is 2.34. The van der Waals surface area contributed by atoms with Crippen LogP contribution >= 0.6 is 0 Å². The fourth-order valence-corrected chi connectivity index (χ4v) is 2.87. The van der Waals surface area contributed by atoms with Crippen LogP contribution in [0.3, 0.4) is 0 Å². The van der Waals surface area contributed by atoms with Crippen LogP contribution in [0.15, 0.2) is 83.3 Å². The van der Waals surface area contributed by atoms with Gasteiger partial charge in [-0.05, 0) is 36.8 Å². The maximum absolute atomic E-state index is 12.2. The first-order valence-electron chi connectivity index (χ1n) is 8.39. The number of benzene rings is 3. The SMILES string of the molecule is CC(=O)C(Oc1ccccc1-c1nc2ccccc2o1)c1ccccc1. The number of carbonyl (C=O) groups is 1. The molecule has 0 amide bonds. The van der Waals surface area contributed by atoms with Crippen LogP contribution in [-0.4, -0.2) is 10.8 Å². The number of fused-ring (bicyclic) bond motifs is 1. The number of ether oxygens (including phenoxy) is 1. The normalized spacial score (nSPS) is 12.0. The third kappa shape index (κ3) is 3.09. The van der Waals surface area contributed by atoms with Gasteiger partial charge < -0.3 is 9.15 Å². The summed E-state index contributed by atoms with van der Waals surface area (Å²) >= 11 is 0. The van der Waals surface area contributed by atoms with Gasteiger partial charge in [0.1, 0.15) is 11.3 Å². The van der Waals surface area contributed by atoms with Crippen LogP contribution in [0, 0.1) is 0 Å². The van der Waals surface area contributed by atoms with E-state index in [1.165, 1.54) is 6.92 Å². The predicted octanol–water partition coefficient (Wildman–Crippen LogP) is 5.20. The summed E-state index contributed by atoms with van der Waals surface area (Å²) in [6.45, 7) is 1.53. The van der Waals surface area contributed by atoms with Crippen LogP contribution in [0.1, 0.15) is 18.6 Å². The van der Waals surface area contributed by atoms with Crippen molar-refractivity contribution >= 4 is 16.9 Å². The van der Waals surface area contributed by atoms with Crippen molar-refractivity contribution in [2.45, 2.75) is 13.0 Å². The van der Waals surface area contributed by atoms with E-state index in [1.807, 2.05) is 78.9 Å². The van der Waals surface area contributed by atoms with Crippen molar-refractivity contribution in [3.8, 4) is 17.2 Å². The van der Waals surface area contributed by atoms with Crippen LogP contribution < -0.4 is 4.74 Å². The van der Waals surface area contributed by atoms with Gasteiger partial charge in [-0.3, -0.25) is 4.79 Å². The van der Waals surface area contributed by atoms with Crippen LogP contribution in [0.4, 0.5) is 0 Å². The van der Waals surface area contributed by atoms with E-state index in [0.29, 0.717) is 22.8 Å². The summed E-state index contributed by atoms with van der Waals surface area (Å²) in [7, 11) is 0. The molecule has 0 aliphatic rings. The van der Waals surface area contributed by atoms with Crippen molar-refractivity contribution in [1.82, 2.24) is 4.98 Å². The number of rotatable bonds is 5. The van der Waals surface area contributed by atoms with Gasteiger partial charge in [-0.1, -0.05) is 54.6 Å². The van der Waals surface area contributed by atoms with E-state index >= 15 is 0 Å². The first kappa shape index (κ1) is 16.1. The van der Waals surface area contributed by atoms with Crippen molar-refractivity contribution in [3.63, 3.8) is 0 Å². The molecule has 4 nitrogen and oxygen atoms in total. The Balaban J connectivity index is 1.74. The molecule has 0 fully saturated rings. The molecule has 0 spiro atoms. The van der Waals surface area contributed by atoms with Gasteiger partial charge in [0, 0.05) is 0 Å². The highest BCUT2D eigenvalue weighted by Gasteiger charge is 2.21. The Labute approximate surface area is 151 Å². The van der Waals surface area contributed by atoms with E-state index in [0.717, 1.165) is 11.1 Å². The molecule has 0 bridgehead atoms. The number of Topliss-reactive ketones (excluding diaryl/α,β-unsaturated/α-hetero) is 1. The summed E-state index contributed by atoms with van der Waals surface area (Å²) in [6.07, 6.45) is -0.679. The molecule has 0 aliphatic heterocycles. The second kappa shape index (κ2) is 6.84. The molecule has 26 heavy (non-hydrogen) atoms. The smallest absolute Gasteiger partial charge is 0.231 e. The minimum atomic E-state index is -0.679. The second-order valence-electron chi connectivity index (χ2n) is 6.00. The van der Waals surface area contributed by atoms with Crippen LogP contribution in [0.25, 0.3) is 22.6 Å². The molecule has 4 rings (SSSR count). The van der Waals surface area contributed by atoms with Crippen LogP contribution in [-0.2, 0) is 4.79 Å². The molecule has 1 heterocycles. The molecule has 4 aromatic rings. The predicted molar refractivity (Wildman–Crippen MR) is 99.9 cm³/mol. The molecule has 128 valence electrons.